The molecule has 3 N–H and O–H groups in total. The molecular weight excluding hydrogens is 428 g/mol. The molecule has 0 saturated carbocycles. The van der Waals surface area contributed by atoms with Gasteiger partial charge in [0.2, 0.25) is 0 Å². The Morgan fingerprint density at radius 2 is 1.00 bits per heavy atom. The Balaban J connectivity index is -0.0000000540. The molecule has 6 nitrogen and oxygen atoms in total. The van der Waals surface area contributed by atoms with Crippen molar-refractivity contribution in [2.24, 2.45) is 0 Å². The second-order valence-electron chi connectivity index (χ2n) is 1.36. The van der Waals surface area contributed by atoms with Gasteiger partial charge in [-0.15, -0.1) is 0 Å². The van der Waals surface area contributed by atoms with Crippen molar-refractivity contribution in [1.82, 2.24) is 15.0 Å². The second-order valence-corrected chi connectivity index (χ2v) is 1.36. The van der Waals surface area contributed by atoms with Crippen molar-refractivity contribution < 1.29 is 44.7 Å². The van der Waals surface area contributed by atoms with Gasteiger partial charge in [0.1, 0.15) is 0 Å². The van der Waals surface area contributed by atoms with E-state index in [4.69, 9.17) is 0 Å². The summed E-state index contributed by atoms with van der Waals surface area (Å²) >= 11 is 0. The predicted octanol–water partition coefficient (Wildman–Crippen LogP) is -2.41. The quantitative estimate of drug-likeness (QED) is 0.398. The number of H-pyrrole nitrogens is 3. The van der Waals surface area contributed by atoms with Crippen molar-refractivity contribution in [2.45, 2.75) is 0 Å². The summed E-state index contributed by atoms with van der Waals surface area (Å²) in [5.41, 5.74) is -2.41. The maximum Gasteiger partial charge on any atom is 2.00 e. The standard InChI is InChI=1S/C3H3N3O3.Au.Ca.Zn.2H/c7-1-4-2(8)6-3(9)5-1;;;;;/h(H3,4,5,6,7,8,9);;;;;/q;;+2;;2*-1. The van der Waals surface area contributed by atoms with Gasteiger partial charge in [-0.2, -0.15) is 0 Å². The Bertz CT molecular complexity index is 300. The molecule has 0 amide bonds. The number of hydrogen-bond acceptors (Lipinski definition) is 3. The van der Waals surface area contributed by atoms with Crippen LogP contribution in [0.15, 0.2) is 14.4 Å². The SMILES string of the molecule is O=c1[nH]c(=O)[nH]c(=O)[nH]1.[Au].[Ca+2].[H-].[H-].[Zn]. The number of aromatic amines is 3. The van der Waals surface area contributed by atoms with Crippen molar-refractivity contribution in [3.05, 3.63) is 31.5 Å². The molecule has 65 valence electrons. The summed E-state index contributed by atoms with van der Waals surface area (Å²) < 4.78 is 0. The van der Waals surface area contributed by atoms with E-state index in [0.29, 0.717) is 0 Å². The minimum Gasteiger partial charge on any atom is -1.00 e. The van der Waals surface area contributed by atoms with E-state index in [1.807, 2.05) is 0 Å². The molecule has 0 aliphatic carbocycles. The van der Waals surface area contributed by atoms with Crippen molar-refractivity contribution in [3.8, 4) is 0 Å². The van der Waals surface area contributed by atoms with Crippen LogP contribution in [-0.4, -0.2) is 52.7 Å². The van der Waals surface area contributed by atoms with Gasteiger partial charge in [0, 0.05) is 41.9 Å². The number of nitrogens with one attached hydrogen (secondary N) is 3. The van der Waals surface area contributed by atoms with Crippen LogP contribution in [0.2, 0.25) is 0 Å². The summed E-state index contributed by atoms with van der Waals surface area (Å²) in [6, 6.07) is 0. The van der Waals surface area contributed by atoms with Crippen molar-refractivity contribution >= 4 is 37.7 Å². The first-order valence-electron chi connectivity index (χ1n) is 2.11. The second kappa shape index (κ2) is 8.62. The minimum atomic E-state index is -0.802. The monoisotopic (exact) mass is 432 g/mol. The Morgan fingerprint density at radius 1 is 0.833 bits per heavy atom. The Labute approximate surface area is 127 Å². The number of hydrogen-bond donors (Lipinski definition) is 3. The van der Waals surface area contributed by atoms with Crippen molar-refractivity contribution in [1.29, 1.82) is 0 Å². The fraction of sp³-hybridized carbons (Fsp3) is 0. The maximum atomic E-state index is 10.2. The smallest absolute Gasteiger partial charge is 1.00 e. The molecule has 0 bridgehead atoms. The molecule has 0 aromatic carbocycles. The van der Waals surface area contributed by atoms with Gasteiger partial charge < -0.3 is 2.85 Å². The molecule has 1 radical (unpaired) electrons. The first-order chi connectivity index (χ1) is 4.18. The molecule has 12 heavy (non-hydrogen) atoms. The topological polar surface area (TPSA) is 98.6 Å². The van der Waals surface area contributed by atoms with Crippen LogP contribution in [0.25, 0.3) is 0 Å². The molecule has 9 heteroatoms. The van der Waals surface area contributed by atoms with Gasteiger partial charge in [0.15, 0.2) is 0 Å². The molecule has 0 unspecified atom stereocenters. The van der Waals surface area contributed by atoms with Crippen LogP contribution in [0.5, 0.6) is 0 Å². The molecule has 0 aliphatic rings. The van der Waals surface area contributed by atoms with Crippen molar-refractivity contribution in [3.63, 3.8) is 0 Å². The van der Waals surface area contributed by atoms with Crippen molar-refractivity contribution in [2.75, 3.05) is 0 Å². The van der Waals surface area contributed by atoms with E-state index in [1.165, 1.54) is 0 Å². The summed E-state index contributed by atoms with van der Waals surface area (Å²) in [4.78, 5) is 35.9. The third-order valence-electron chi connectivity index (χ3n) is 0.681. The number of rotatable bonds is 0. The van der Waals surface area contributed by atoms with E-state index in [9.17, 15) is 14.4 Å². The summed E-state index contributed by atoms with van der Waals surface area (Å²) in [6.45, 7) is 0. The van der Waals surface area contributed by atoms with E-state index in [1.54, 1.807) is 15.0 Å². The molecular formula is C3H5AuCaN3O3Zn. The molecule has 0 atom stereocenters. The van der Waals surface area contributed by atoms with Gasteiger partial charge in [-0.1, -0.05) is 0 Å². The Kier molecular flexibility index (Phi) is 13.5. The molecule has 1 rings (SSSR count). The molecule has 1 aromatic heterocycles. The van der Waals surface area contributed by atoms with Gasteiger partial charge in [-0.25, -0.2) is 14.4 Å². The van der Waals surface area contributed by atoms with E-state index in [-0.39, 0.29) is 82.4 Å². The van der Waals surface area contributed by atoms with Crippen LogP contribution in [-0.2, 0) is 41.9 Å². The fourth-order valence-electron chi connectivity index (χ4n) is 0.403. The van der Waals surface area contributed by atoms with Crippen LogP contribution in [0.4, 0.5) is 0 Å². The summed E-state index contributed by atoms with van der Waals surface area (Å²) in [5.74, 6) is 0. The average Bonchev–Trinajstić information content (AvgIpc) is 1.59. The molecule has 0 saturated heterocycles. The fourth-order valence-corrected chi connectivity index (χ4v) is 0.403. The normalized spacial score (nSPS) is 7.00. The van der Waals surface area contributed by atoms with Crippen LogP contribution in [0.3, 0.4) is 0 Å². The largest absolute Gasteiger partial charge is 2.00 e. The van der Waals surface area contributed by atoms with E-state index in [0.717, 1.165) is 0 Å². The Morgan fingerprint density at radius 3 is 1.17 bits per heavy atom. The maximum absolute atomic E-state index is 10.2. The zero-order valence-electron chi connectivity index (χ0n) is 7.94. The molecule has 1 heterocycles. The van der Waals surface area contributed by atoms with E-state index < -0.39 is 17.1 Å². The molecule has 0 aliphatic heterocycles. The minimum absolute atomic E-state index is 0. The van der Waals surface area contributed by atoms with Gasteiger partial charge in [0.25, 0.3) is 0 Å². The number of aromatic nitrogens is 3. The van der Waals surface area contributed by atoms with Gasteiger partial charge in [0.05, 0.1) is 0 Å². The van der Waals surface area contributed by atoms with Gasteiger partial charge in [-0.05, 0) is 0 Å². The molecule has 0 spiro atoms. The predicted molar refractivity (Wildman–Crippen MR) is 36.3 cm³/mol. The van der Waals surface area contributed by atoms with Gasteiger partial charge >= 0.3 is 54.8 Å². The molecule has 0 fully saturated rings. The van der Waals surface area contributed by atoms with Gasteiger partial charge in [-0.3, -0.25) is 15.0 Å². The Hall–Kier alpha value is 1.03. The zero-order chi connectivity index (χ0) is 6.85. The third-order valence-corrected chi connectivity index (χ3v) is 0.681. The first kappa shape index (κ1) is 18.7. The summed E-state index contributed by atoms with van der Waals surface area (Å²) in [6.07, 6.45) is 0. The summed E-state index contributed by atoms with van der Waals surface area (Å²) in [5, 5.41) is 0. The van der Waals surface area contributed by atoms with Crippen LogP contribution < -0.4 is 17.1 Å². The van der Waals surface area contributed by atoms with Crippen LogP contribution >= 0.6 is 0 Å². The third kappa shape index (κ3) is 6.54. The average molecular weight is 434 g/mol. The summed E-state index contributed by atoms with van der Waals surface area (Å²) in [7, 11) is 0. The van der Waals surface area contributed by atoms with E-state index in [2.05, 4.69) is 0 Å². The van der Waals surface area contributed by atoms with Crippen LogP contribution in [0.1, 0.15) is 2.85 Å². The molecule has 1 aromatic rings. The van der Waals surface area contributed by atoms with Crippen LogP contribution in [0, 0.1) is 0 Å². The zero-order valence-corrected chi connectivity index (χ0v) is 13.3. The van der Waals surface area contributed by atoms with E-state index >= 15 is 0 Å². The first-order valence-corrected chi connectivity index (χ1v) is 2.11.